The Morgan fingerprint density at radius 3 is 2.19 bits per heavy atom. The van der Waals surface area contributed by atoms with Crippen molar-refractivity contribution in [1.82, 2.24) is 35.1 Å². The summed E-state index contributed by atoms with van der Waals surface area (Å²) in [5.41, 5.74) is 13.7. The fourth-order valence-electron chi connectivity index (χ4n) is 7.35. The smallest absolute Gasteiger partial charge is 0.407 e. The van der Waals surface area contributed by atoms with Gasteiger partial charge in [0, 0.05) is 29.8 Å². The first-order valence-electron chi connectivity index (χ1n) is 18.3. The summed E-state index contributed by atoms with van der Waals surface area (Å²) in [7, 11) is 1.29. The number of nitrogens with zero attached hydrogens (tertiary/aromatic N) is 4. The first-order valence-corrected chi connectivity index (χ1v) is 18.3. The third-order valence-electron chi connectivity index (χ3n) is 10.4. The summed E-state index contributed by atoms with van der Waals surface area (Å²) in [6, 6.07) is 8.61. The van der Waals surface area contributed by atoms with Gasteiger partial charge in [0.2, 0.25) is 11.8 Å². The number of nitrogens with two attached hydrogens (primary N) is 1. The molecule has 0 spiro atoms. The van der Waals surface area contributed by atoms with E-state index >= 15 is 0 Å². The van der Waals surface area contributed by atoms with Crippen molar-refractivity contribution in [2.24, 2.45) is 17.6 Å². The van der Waals surface area contributed by atoms with Crippen molar-refractivity contribution in [3.63, 3.8) is 0 Å². The molecule has 12 nitrogen and oxygen atoms in total. The summed E-state index contributed by atoms with van der Waals surface area (Å²) in [4.78, 5) is 58.8. The summed E-state index contributed by atoms with van der Waals surface area (Å²) in [5, 5.41) is 2.70. The number of H-pyrrole nitrogens is 2. The fourth-order valence-corrected chi connectivity index (χ4v) is 7.35. The molecule has 12 heteroatoms. The molecule has 2 saturated heterocycles. The van der Waals surface area contributed by atoms with Gasteiger partial charge in [-0.1, -0.05) is 39.5 Å². The number of methoxy groups -OCH3 is 1. The van der Waals surface area contributed by atoms with Gasteiger partial charge < -0.3 is 35.6 Å². The van der Waals surface area contributed by atoms with Crippen molar-refractivity contribution in [1.29, 1.82) is 0 Å². The lowest BCUT2D eigenvalue weighted by atomic mass is 9.98. The van der Waals surface area contributed by atoms with Crippen molar-refractivity contribution in [3.05, 3.63) is 70.4 Å². The number of alkyl carbamates (subject to hydrolysis) is 1. The van der Waals surface area contributed by atoms with E-state index in [1.165, 1.54) is 7.11 Å². The molecule has 2 fully saturated rings. The van der Waals surface area contributed by atoms with Crippen LogP contribution < -0.4 is 11.1 Å². The lowest BCUT2D eigenvalue weighted by Gasteiger charge is -2.29. The molecule has 0 radical (unpaired) electrons. The van der Waals surface area contributed by atoms with Gasteiger partial charge in [-0.25, -0.2) is 14.8 Å². The van der Waals surface area contributed by atoms with Crippen LogP contribution >= 0.6 is 0 Å². The van der Waals surface area contributed by atoms with E-state index in [-0.39, 0.29) is 35.7 Å². The van der Waals surface area contributed by atoms with Gasteiger partial charge in [-0.3, -0.25) is 9.59 Å². The minimum Gasteiger partial charge on any atom is -0.453 e. The van der Waals surface area contributed by atoms with E-state index in [1.54, 1.807) is 0 Å². The second-order valence-corrected chi connectivity index (χ2v) is 14.8. The first kappa shape index (κ1) is 36.6. The standard InChI is InChI=1S/C40H50N8O4/c1-22(2)34(41)38(49)47-16-8-10-32(47)36-42-21-31(45-36)27-18-24(5)28(25(6)19-27)14-12-26-13-15-29-30(20-26)44-37(43-29)33-11-9-17-48(33)39(50)35(23(3)4)46-40(51)52-7/h13,15,18-23,32-35H,8-11,16-17,41H2,1-7H3,(H,42,45)(H,43,44)(H,46,51)/t32-,33-,34-,35-/m0/s1. The molecule has 4 atom stereocenters. The van der Waals surface area contributed by atoms with Crippen LogP contribution in [0.5, 0.6) is 0 Å². The molecule has 2 aromatic carbocycles. The number of ether oxygens (including phenoxy) is 1. The third kappa shape index (κ3) is 7.41. The Hall–Kier alpha value is -5.15. The van der Waals surface area contributed by atoms with Crippen LogP contribution in [0.2, 0.25) is 0 Å². The van der Waals surface area contributed by atoms with E-state index < -0.39 is 18.2 Å². The summed E-state index contributed by atoms with van der Waals surface area (Å²) in [5.74, 6) is 8.06. The Kier molecular flexibility index (Phi) is 10.7. The Labute approximate surface area is 305 Å². The molecule has 3 amide bonds. The number of aromatic nitrogens is 4. The Balaban J connectivity index is 1.18. The number of aryl methyl sites for hydroxylation is 2. The molecule has 2 aliphatic heterocycles. The largest absolute Gasteiger partial charge is 0.453 e. The molecule has 0 aliphatic carbocycles. The molecule has 2 aliphatic rings. The van der Waals surface area contributed by atoms with E-state index in [0.29, 0.717) is 13.1 Å². The molecular weight excluding hydrogens is 656 g/mol. The lowest BCUT2D eigenvalue weighted by molar-refractivity contribution is -0.136. The number of nitrogens with one attached hydrogen (secondary N) is 3. The fraction of sp³-hybridized carbons (Fsp3) is 0.475. The molecule has 0 bridgehead atoms. The highest BCUT2D eigenvalue weighted by atomic mass is 16.5. The van der Waals surface area contributed by atoms with Crippen molar-refractivity contribution in [3.8, 4) is 23.1 Å². The van der Waals surface area contributed by atoms with Crippen LogP contribution in [-0.2, 0) is 14.3 Å². The van der Waals surface area contributed by atoms with Gasteiger partial charge in [-0.15, -0.1) is 0 Å². The summed E-state index contributed by atoms with van der Waals surface area (Å²) in [6.45, 7) is 13.2. The molecule has 6 rings (SSSR count). The number of hydrogen-bond donors (Lipinski definition) is 4. The van der Waals surface area contributed by atoms with Crippen molar-refractivity contribution < 1.29 is 19.1 Å². The van der Waals surface area contributed by atoms with Crippen LogP contribution in [0.4, 0.5) is 4.79 Å². The van der Waals surface area contributed by atoms with Gasteiger partial charge in [0.15, 0.2) is 0 Å². The van der Waals surface area contributed by atoms with Gasteiger partial charge in [0.05, 0.1) is 48.2 Å². The molecule has 274 valence electrons. The zero-order chi connectivity index (χ0) is 37.3. The summed E-state index contributed by atoms with van der Waals surface area (Å²) in [6.07, 6.45) is 4.63. The summed E-state index contributed by atoms with van der Waals surface area (Å²) < 4.78 is 4.76. The Bertz CT molecular complexity index is 2010. The van der Waals surface area contributed by atoms with E-state index in [0.717, 1.165) is 81.9 Å². The zero-order valence-electron chi connectivity index (χ0n) is 31.2. The SMILES string of the molecule is COC(=O)N[C@H](C(=O)N1CCC[C@H]1c1nc2ccc(C#Cc3c(C)cc(-c4cnc([C@@H]5CCCN5C(=O)[C@@H](N)C(C)C)[nH]4)cc3C)cc2[nH]1)C(C)C. The average molecular weight is 707 g/mol. The highest BCUT2D eigenvalue weighted by molar-refractivity contribution is 5.87. The molecule has 4 heterocycles. The third-order valence-corrected chi connectivity index (χ3v) is 10.4. The minimum absolute atomic E-state index is 0.0178. The van der Waals surface area contributed by atoms with E-state index in [2.05, 4.69) is 53.1 Å². The number of carbonyl (C=O) groups is 3. The maximum Gasteiger partial charge on any atom is 0.407 e. The highest BCUT2D eigenvalue weighted by Crippen LogP contribution is 2.34. The maximum atomic E-state index is 13.6. The molecular formula is C40H50N8O4. The van der Waals surface area contributed by atoms with Crippen LogP contribution in [0.25, 0.3) is 22.3 Å². The van der Waals surface area contributed by atoms with Crippen LogP contribution in [0.3, 0.4) is 0 Å². The van der Waals surface area contributed by atoms with Gasteiger partial charge in [-0.05, 0) is 92.8 Å². The quantitative estimate of drug-likeness (QED) is 0.172. The normalized spacial score (nSPS) is 18.5. The van der Waals surface area contributed by atoms with Crippen molar-refractivity contribution in [2.45, 2.75) is 91.4 Å². The number of hydrogen-bond acceptors (Lipinski definition) is 7. The maximum absolute atomic E-state index is 13.6. The van der Waals surface area contributed by atoms with E-state index in [1.807, 2.05) is 61.9 Å². The zero-order valence-corrected chi connectivity index (χ0v) is 31.2. The van der Waals surface area contributed by atoms with Crippen molar-refractivity contribution >= 4 is 28.9 Å². The van der Waals surface area contributed by atoms with Gasteiger partial charge in [-0.2, -0.15) is 0 Å². The molecule has 5 N–H and O–H groups in total. The molecule has 4 aromatic rings. The van der Waals surface area contributed by atoms with Gasteiger partial charge in [0.1, 0.15) is 17.7 Å². The number of likely N-dealkylation sites (tertiary alicyclic amines) is 2. The number of rotatable bonds is 8. The first-order chi connectivity index (χ1) is 24.9. The lowest BCUT2D eigenvalue weighted by Crippen LogP contribution is -2.51. The van der Waals surface area contributed by atoms with Crippen LogP contribution in [0.15, 0.2) is 36.5 Å². The van der Waals surface area contributed by atoms with Gasteiger partial charge >= 0.3 is 6.09 Å². The topological polar surface area (TPSA) is 162 Å². The Morgan fingerprint density at radius 1 is 0.904 bits per heavy atom. The van der Waals surface area contributed by atoms with E-state index in [9.17, 15) is 14.4 Å². The van der Waals surface area contributed by atoms with Gasteiger partial charge in [0.25, 0.3) is 0 Å². The predicted molar refractivity (Wildman–Crippen MR) is 200 cm³/mol. The Morgan fingerprint density at radius 2 is 1.56 bits per heavy atom. The van der Waals surface area contributed by atoms with Crippen molar-refractivity contribution in [2.75, 3.05) is 20.2 Å². The number of amides is 3. The predicted octanol–water partition coefficient (Wildman–Crippen LogP) is 5.66. The number of fused-ring (bicyclic) bond motifs is 1. The minimum atomic E-state index is -0.689. The average Bonchev–Trinajstić information content (AvgIpc) is 3.94. The second kappa shape index (κ2) is 15.2. The number of aromatic amines is 2. The molecule has 0 saturated carbocycles. The monoisotopic (exact) mass is 706 g/mol. The number of carbonyl (C=O) groups excluding carboxylic acids is 3. The molecule has 2 aromatic heterocycles. The second-order valence-electron chi connectivity index (χ2n) is 14.8. The molecule has 0 unspecified atom stereocenters. The van der Waals surface area contributed by atoms with E-state index in [4.69, 9.17) is 20.4 Å². The molecule has 52 heavy (non-hydrogen) atoms. The summed E-state index contributed by atoms with van der Waals surface area (Å²) >= 11 is 0. The number of imidazole rings is 2. The van der Waals surface area contributed by atoms with Crippen LogP contribution in [-0.4, -0.2) is 79.9 Å². The number of benzene rings is 2. The van der Waals surface area contributed by atoms with Crippen LogP contribution in [0.1, 0.15) is 99.4 Å². The highest BCUT2D eigenvalue weighted by Gasteiger charge is 2.38. The van der Waals surface area contributed by atoms with Crippen LogP contribution in [0, 0.1) is 37.5 Å².